The van der Waals surface area contributed by atoms with Gasteiger partial charge in [-0.1, -0.05) is 24.3 Å². The molecule has 0 radical (unpaired) electrons. The molecule has 0 saturated carbocycles. The second-order valence-corrected chi connectivity index (χ2v) is 13.1. The van der Waals surface area contributed by atoms with Gasteiger partial charge in [0, 0.05) is 23.2 Å². The second kappa shape index (κ2) is 10.1. The molecule has 0 spiro atoms. The topological polar surface area (TPSA) is 87.2 Å². The highest BCUT2D eigenvalue weighted by atomic mass is 32.2. The van der Waals surface area contributed by atoms with Gasteiger partial charge in [-0.05, 0) is 68.2 Å². The summed E-state index contributed by atoms with van der Waals surface area (Å²) in [7, 11) is -1.44. The van der Waals surface area contributed by atoms with Crippen molar-refractivity contribution in [1.29, 1.82) is 0 Å². The van der Waals surface area contributed by atoms with E-state index >= 15 is 0 Å². The Morgan fingerprint density at radius 3 is 2.36 bits per heavy atom. The maximum Gasteiger partial charge on any atom is 0.495 e. The number of rotatable bonds is 8. The Morgan fingerprint density at radius 2 is 1.72 bits per heavy atom. The third-order valence-electron chi connectivity index (χ3n) is 7.42. The van der Waals surface area contributed by atoms with Gasteiger partial charge >= 0.3 is 7.12 Å². The smallest absolute Gasteiger partial charge is 0.495 e. The van der Waals surface area contributed by atoms with Crippen LogP contribution in [0.3, 0.4) is 0 Å². The highest BCUT2D eigenvalue weighted by Gasteiger charge is 2.52. The van der Waals surface area contributed by atoms with Crippen LogP contribution in [0.2, 0.25) is 0 Å². The van der Waals surface area contributed by atoms with Crippen molar-refractivity contribution < 1.29 is 27.2 Å². The van der Waals surface area contributed by atoms with Crippen LogP contribution in [0.25, 0.3) is 10.8 Å². The molecule has 0 atom stereocenters. The van der Waals surface area contributed by atoms with Gasteiger partial charge < -0.3 is 18.8 Å². The van der Waals surface area contributed by atoms with Gasteiger partial charge in [0.2, 0.25) is 0 Å². The Morgan fingerprint density at radius 1 is 0.974 bits per heavy atom. The Labute approximate surface area is 233 Å². The quantitative estimate of drug-likeness (QED) is 0.277. The fourth-order valence-corrected chi connectivity index (χ4v) is 6.78. The molecule has 0 bridgehead atoms. The number of thiazole rings is 1. The molecule has 0 N–H and O–H groups in total. The monoisotopic (exact) mass is 566 g/mol. The molecule has 1 saturated heterocycles. The maximum absolute atomic E-state index is 14.1. The van der Waals surface area contributed by atoms with Crippen LogP contribution in [0, 0.1) is 0 Å². The van der Waals surface area contributed by atoms with E-state index < -0.39 is 28.3 Å². The minimum absolute atomic E-state index is 0.0367. The van der Waals surface area contributed by atoms with Crippen LogP contribution in [-0.2, 0) is 25.9 Å². The summed E-state index contributed by atoms with van der Waals surface area (Å²) in [5.74, 6) is 1.14. The lowest BCUT2D eigenvalue weighted by Gasteiger charge is -2.32. The molecule has 2 heterocycles. The lowest BCUT2D eigenvalue weighted by molar-refractivity contribution is 0.00578. The summed E-state index contributed by atoms with van der Waals surface area (Å²) in [5.41, 5.74) is 0.565. The van der Waals surface area contributed by atoms with E-state index in [9.17, 15) is 8.42 Å². The van der Waals surface area contributed by atoms with Crippen LogP contribution >= 0.6 is 11.3 Å². The number of fused-ring (bicyclic) bond motifs is 1. The summed E-state index contributed by atoms with van der Waals surface area (Å²) in [6.07, 6.45) is 1.59. The average molecular weight is 567 g/mol. The molecule has 1 aromatic heterocycles. The first-order valence-corrected chi connectivity index (χ1v) is 14.8. The molecule has 0 unspecified atom stereocenters. The summed E-state index contributed by atoms with van der Waals surface area (Å²) in [6.45, 7) is 8.07. The van der Waals surface area contributed by atoms with Crippen molar-refractivity contribution in [1.82, 2.24) is 4.98 Å². The zero-order valence-electron chi connectivity index (χ0n) is 22.8. The first kappa shape index (κ1) is 27.5. The third kappa shape index (κ3) is 5.00. The third-order valence-corrected chi connectivity index (χ3v) is 10.1. The van der Waals surface area contributed by atoms with Gasteiger partial charge in [0.15, 0.2) is 5.13 Å². The van der Waals surface area contributed by atoms with Crippen LogP contribution in [0.4, 0.5) is 5.13 Å². The zero-order chi connectivity index (χ0) is 28.0. The summed E-state index contributed by atoms with van der Waals surface area (Å²) < 4.78 is 52.9. The number of hydrogen-bond donors (Lipinski definition) is 0. The number of aromatic nitrogens is 1. The molecule has 8 nitrogen and oxygen atoms in total. The van der Waals surface area contributed by atoms with Gasteiger partial charge in [0.05, 0.1) is 36.9 Å². The number of anilines is 1. The summed E-state index contributed by atoms with van der Waals surface area (Å²) in [5, 5.41) is 3.75. The largest absolute Gasteiger partial charge is 0.497 e. The Balaban J connectivity index is 1.54. The fraction of sp³-hybridized carbons (Fsp3) is 0.321. The highest BCUT2D eigenvalue weighted by Crippen LogP contribution is 2.37. The van der Waals surface area contributed by atoms with Crippen LogP contribution < -0.4 is 19.2 Å². The first-order valence-electron chi connectivity index (χ1n) is 12.5. The second-order valence-electron chi connectivity index (χ2n) is 10.3. The molecule has 204 valence electrons. The van der Waals surface area contributed by atoms with E-state index in [4.69, 9.17) is 18.8 Å². The Bertz CT molecular complexity index is 1590. The van der Waals surface area contributed by atoms with E-state index in [1.54, 1.807) is 56.1 Å². The molecule has 11 heteroatoms. The summed E-state index contributed by atoms with van der Waals surface area (Å²) in [6, 6.07) is 16.2. The number of methoxy groups -OCH3 is 2. The molecule has 4 aromatic rings. The number of ether oxygens (including phenoxy) is 2. The van der Waals surface area contributed by atoms with Crippen LogP contribution in [0.1, 0.15) is 33.3 Å². The number of nitrogens with zero attached hydrogens (tertiary/aromatic N) is 2. The van der Waals surface area contributed by atoms with Crippen LogP contribution in [-0.4, -0.2) is 45.9 Å². The molecular formula is C28H31BN2O6S2. The summed E-state index contributed by atoms with van der Waals surface area (Å²) >= 11 is 1.25. The van der Waals surface area contributed by atoms with E-state index in [-0.39, 0.29) is 11.4 Å². The zero-order valence-corrected chi connectivity index (χ0v) is 24.4. The molecular weight excluding hydrogens is 535 g/mol. The predicted molar refractivity (Wildman–Crippen MR) is 155 cm³/mol. The van der Waals surface area contributed by atoms with Crippen molar-refractivity contribution in [2.75, 3.05) is 18.5 Å². The number of sulfonamides is 1. The summed E-state index contributed by atoms with van der Waals surface area (Å²) in [4.78, 5) is 4.47. The van der Waals surface area contributed by atoms with Gasteiger partial charge in [-0.2, -0.15) is 0 Å². The SMILES string of the molecule is COc1ccc(CN(c2nccs2)S(=O)(=O)c2ccc3c(B4OC(C)(C)C(C)(C)O4)cccc3c2)c(OC)c1. The van der Waals surface area contributed by atoms with E-state index in [1.165, 1.54) is 15.6 Å². The fourth-order valence-electron chi connectivity index (χ4n) is 4.48. The molecule has 1 aliphatic rings. The standard InChI is InChI=1S/C28H31BN2O6S2/c1-27(2)28(3,4)37-29(36-27)24-9-7-8-19-16-22(12-13-23(19)24)39(32,33)31(26-30-14-15-38-26)18-20-10-11-21(34-5)17-25(20)35-6/h7-17H,18H2,1-6H3. The van der Waals surface area contributed by atoms with Crippen molar-refractivity contribution in [3.05, 3.63) is 71.7 Å². The maximum atomic E-state index is 14.1. The van der Waals surface area contributed by atoms with E-state index in [0.717, 1.165) is 16.2 Å². The van der Waals surface area contributed by atoms with Gasteiger partial charge in [0.25, 0.3) is 10.0 Å². The van der Waals surface area contributed by atoms with E-state index in [1.807, 2.05) is 52.0 Å². The molecule has 0 aliphatic carbocycles. The molecule has 5 rings (SSSR count). The van der Waals surface area contributed by atoms with E-state index in [2.05, 4.69) is 4.98 Å². The van der Waals surface area contributed by atoms with Gasteiger partial charge in [0.1, 0.15) is 11.5 Å². The minimum Gasteiger partial charge on any atom is -0.497 e. The number of benzene rings is 3. The highest BCUT2D eigenvalue weighted by molar-refractivity contribution is 7.93. The lowest BCUT2D eigenvalue weighted by Crippen LogP contribution is -2.41. The molecule has 1 aliphatic heterocycles. The first-order chi connectivity index (χ1) is 18.5. The van der Waals surface area contributed by atoms with Gasteiger partial charge in [-0.3, -0.25) is 0 Å². The van der Waals surface area contributed by atoms with Crippen LogP contribution in [0.15, 0.2) is 71.1 Å². The van der Waals surface area contributed by atoms with Crippen molar-refractivity contribution >= 4 is 49.8 Å². The molecule has 39 heavy (non-hydrogen) atoms. The van der Waals surface area contributed by atoms with Gasteiger partial charge in [-0.15, -0.1) is 11.3 Å². The molecule has 1 fully saturated rings. The van der Waals surface area contributed by atoms with Crippen LogP contribution in [0.5, 0.6) is 11.5 Å². The Hall–Kier alpha value is -3.12. The Kier molecular flexibility index (Phi) is 7.13. The van der Waals surface area contributed by atoms with Gasteiger partial charge in [-0.25, -0.2) is 17.7 Å². The van der Waals surface area contributed by atoms with Crippen molar-refractivity contribution in [3.63, 3.8) is 0 Å². The van der Waals surface area contributed by atoms with E-state index in [0.29, 0.717) is 22.2 Å². The predicted octanol–water partition coefficient (Wildman–Crippen LogP) is 5.01. The normalized spacial score (nSPS) is 16.4. The van der Waals surface area contributed by atoms with Crippen molar-refractivity contribution in [2.24, 2.45) is 0 Å². The lowest BCUT2D eigenvalue weighted by atomic mass is 9.76. The number of hydrogen-bond acceptors (Lipinski definition) is 8. The molecule has 3 aromatic carbocycles. The molecule has 0 amide bonds. The minimum atomic E-state index is -3.99. The average Bonchev–Trinajstić information content (AvgIpc) is 3.51. The van der Waals surface area contributed by atoms with Crippen molar-refractivity contribution in [2.45, 2.75) is 50.3 Å². The van der Waals surface area contributed by atoms with Crippen molar-refractivity contribution in [3.8, 4) is 11.5 Å².